The zero-order valence-corrected chi connectivity index (χ0v) is 17.3. The fourth-order valence-corrected chi connectivity index (χ4v) is 5.59. The number of rotatable bonds is 7. The second-order valence-corrected chi connectivity index (χ2v) is 9.51. The van der Waals surface area contributed by atoms with Gasteiger partial charge in [0.1, 0.15) is 15.6 Å². The third-order valence-electron chi connectivity index (χ3n) is 4.07. The second-order valence-electron chi connectivity index (χ2n) is 6.33. The van der Waals surface area contributed by atoms with Crippen molar-refractivity contribution in [2.45, 2.75) is 22.8 Å². The van der Waals surface area contributed by atoms with E-state index < -0.39 is 35.9 Å². The highest BCUT2D eigenvalue weighted by Crippen LogP contribution is 2.38. The van der Waals surface area contributed by atoms with Gasteiger partial charge in [0, 0.05) is 24.3 Å². The summed E-state index contributed by atoms with van der Waals surface area (Å²) in [5.41, 5.74) is 11.6. The third kappa shape index (κ3) is 4.29. The molecule has 0 aliphatic carbocycles. The molecule has 13 nitrogen and oxygen atoms in total. The van der Waals surface area contributed by atoms with Gasteiger partial charge in [0.25, 0.3) is 0 Å². The molecule has 0 saturated carbocycles. The molecular formula is C15H19N9O4S2. The van der Waals surface area contributed by atoms with E-state index in [4.69, 9.17) is 16.6 Å². The quantitative estimate of drug-likeness (QED) is 0.286. The minimum Gasteiger partial charge on any atom is -0.384 e. The minimum absolute atomic E-state index is 0.00315. The van der Waals surface area contributed by atoms with Crippen molar-refractivity contribution >= 4 is 25.9 Å². The number of aromatic nitrogens is 5. The zero-order chi connectivity index (χ0) is 22.1. The first kappa shape index (κ1) is 21.7. The van der Waals surface area contributed by atoms with Gasteiger partial charge in [0.15, 0.2) is 0 Å². The number of aromatic amines is 1. The Kier molecular flexibility index (Phi) is 5.82. The molecule has 1 atom stereocenters. The zero-order valence-electron chi connectivity index (χ0n) is 15.6. The van der Waals surface area contributed by atoms with E-state index in [1.807, 2.05) is 0 Å². The number of hydrogen-bond acceptors (Lipinski definition) is 10. The molecule has 0 fully saturated rings. The molecule has 2 aromatic heterocycles. The van der Waals surface area contributed by atoms with E-state index in [-0.39, 0.29) is 29.3 Å². The number of hydrogen-bond donors (Lipinski definition) is 5. The van der Waals surface area contributed by atoms with Gasteiger partial charge in [-0.15, -0.1) is 10.2 Å². The molecule has 0 unspecified atom stereocenters. The molecule has 0 radical (unpaired) electrons. The van der Waals surface area contributed by atoms with Crippen molar-refractivity contribution in [3.05, 3.63) is 30.5 Å². The van der Waals surface area contributed by atoms with Crippen LogP contribution in [-0.2, 0) is 20.0 Å². The molecule has 0 amide bonds. The van der Waals surface area contributed by atoms with E-state index in [9.17, 15) is 16.8 Å². The van der Waals surface area contributed by atoms with Gasteiger partial charge in [0.05, 0.1) is 5.56 Å². The second kappa shape index (κ2) is 8.04. The largest absolute Gasteiger partial charge is 0.384 e. The van der Waals surface area contributed by atoms with Gasteiger partial charge in [-0.1, -0.05) is 6.07 Å². The summed E-state index contributed by atoms with van der Waals surface area (Å²) >= 11 is 0. The minimum atomic E-state index is -4.57. The van der Waals surface area contributed by atoms with Crippen molar-refractivity contribution in [3.8, 4) is 22.5 Å². The molecule has 1 aromatic carbocycles. The molecule has 8 N–H and O–H groups in total. The highest BCUT2D eigenvalue weighted by Gasteiger charge is 2.32. The molecule has 0 aliphatic heterocycles. The van der Waals surface area contributed by atoms with Crippen LogP contribution in [0.15, 0.2) is 40.3 Å². The fourth-order valence-electron chi connectivity index (χ4n) is 2.73. The van der Waals surface area contributed by atoms with E-state index in [2.05, 4.69) is 30.3 Å². The summed E-state index contributed by atoms with van der Waals surface area (Å²) in [4.78, 5) is 2.72. The molecule has 30 heavy (non-hydrogen) atoms. The number of pyridine rings is 1. The first-order valence-corrected chi connectivity index (χ1v) is 11.5. The molecule has 0 bridgehead atoms. The number of benzene rings is 1. The Bertz CT molecular complexity index is 1260. The Hall–Kier alpha value is -2.98. The van der Waals surface area contributed by atoms with Crippen LogP contribution in [0.25, 0.3) is 22.5 Å². The Morgan fingerprint density at radius 1 is 1.17 bits per heavy atom. The van der Waals surface area contributed by atoms with Crippen molar-refractivity contribution in [1.29, 1.82) is 0 Å². The molecule has 0 aliphatic rings. The van der Waals surface area contributed by atoms with Gasteiger partial charge in [-0.05, 0) is 35.9 Å². The first-order valence-electron chi connectivity index (χ1n) is 8.42. The maximum absolute atomic E-state index is 12.9. The van der Waals surface area contributed by atoms with Gasteiger partial charge in [-0.25, -0.2) is 31.7 Å². The number of nitrogens with two attached hydrogens (primary N) is 3. The smallest absolute Gasteiger partial charge is 0.242 e. The molecule has 3 aromatic rings. The number of nitrogen functional groups attached to an aromatic ring is 1. The number of tetrazole rings is 1. The number of primary sulfonamides is 1. The number of sulfonamides is 2. The summed E-state index contributed by atoms with van der Waals surface area (Å²) < 4.78 is 53.2. The highest BCUT2D eigenvalue weighted by molar-refractivity contribution is 7.92. The molecule has 3 rings (SSSR count). The lowest BCUT2D eigenvalue weighted by Crippen LogP contribution is -2.38. The molecule has 0 spiro atoms. The normalized spacial score (nSPS) is 13.3. The van der Waals surface area contributed by atoms with Crippen molar-refractivity contribution in [3.63, 3.8) is 0 Å². The summed E-state index contributed by atoms with van der Waals surface area (Å²) in [5.74, 6) is 0.0699. The van der Waals surface area contributed by atoms with Gasteiger partial charge in [-0.2, -0.15) is 5.21 Å². The van der Waals surface area contributed by atoms with Crippen LogP contribution >= 0.6 is 0 Å². The van der Waals surface area contributed by atoms with Crippen LogP contribution in [-0.4, -0.2) is 55.0 Å². The highest BCUT2D eigenvalue weighted by atomic mass is 32.2. The number of nitrogens with one attached hydrogen (secondary N) is 2. The average molecular weight is 454 g/mol. The molecular weight excluding hydrogens is 434 g/mol. The Morgan fingerprint density at radius 2 is 1.90 bits per heavy atom. The van der Waals surface area contributed by atoms with E-state index in [0.29, 0.717) is 5.56 Å². The van der Waals surface area contributed by atoms with Gasteiger partial charge >= 0.3 is 0 Å². The van der Waals surface area contributed by atoms with Crippen molar-refractivity contribution in [2.24, 2.45) is 10.9 Å². The van der Waals surface area contributed by atoms with E-state index in [0.717, 1.165) is 6.07 Å². The van der Waals surface area contributed by atoms with E-state index in [1.165, 1.54) is 25.3 Å². The Balaban J connectivity index is 2.40. The monoisotopic (exact) mass is 453 g/mol. The van der Waals surface area contributed by atoms with Crippen molar-refractivity contribution in [2.75, 3.05) is 12.3 Å². The van der Waals surface area contributed by atoms with Gasteiger partial charge < -0.3 is 11.5 Å². The third-order valence-corrected chi connectivity index (χ3v) is 6.83. The van der Waals surface area contributed by atoms with Crippen molar-refractivity contribution < 1.29 is 16.8 Å². The van der Waals surface area contributed by atoms with E-state index in [1.54, 1.807) is 6.07 Å². The molecule has 2 heterocycles. The SMILES string of the molecule is C[C@@H](CN)NS(=O)(=O)c1ccc(-c2ccc(N)nc2)c(-c2nn[nH]n2)c1S(N)(=O)=O. The van der Waals surface area contributed by atoms with Crippen molar-refractivity contribution in [1.82, 2.24) is 30.3 Å². The summed E-state index contributed by atoms with van der Waals surface area (Å²) in [6.07, 6.45) is 1.39. The number of nitrogens with zero attached hydrogens (tertiary/aromatic N) is 4. The standard InChI is InChI=1S/C15H19N9O4S2/c1-8(6-16)22-30(27,28)11-4-3-10(9-2-5-12(17)19-7-9)13(14(11)29(18,25)26)15-20-23-24-21-15/h2-5,7-8,22H,6,16H2,1H3,(H2,17,19)(H2,18,25,26)(H,20,21,23,24)/t8-/m0/s1. The van der Waals surface area contributed by atoms with Crippen LogP contribution in [0.5, 0.6) is 0 Å². The lowest BCUT2D eigenvalue weighted by molar-refractivity contribution is 0.557. The Morgan fingerprint density at radius 3 is 2.43 bits per heavy atom. The lowest BCUT2D eigenvalue weighted by Gasteiger charge is -2.18. The van der Waals surface area contributed by atoms with Crippen LogP contribution in [0.4, 0.5) is 5.82 Å². The topological polar surface area (TPSA) is 226 Å². The predicted molar refractivity (Wildman–Crippen MR) is 107 cm³/mol. The van der Waals surface area contributed by atoms with Crippen LogP contribution < -0.4 is 21.3 Å². The van der Waals surface area contributed by atoms with Crippen LogP contribution in [0.2, 0.25) is 0 Å². The van der Waals surface area contributed by atoms with Crippen LogP contribution in [0.3, 0.4) is 0 Å². The summed E-state index contributed by atoms with van der Waals surface area (Å²) in [5, 5.41) is 18.7. The molecule has 0 saturated heterocycles. The predicted octanol–water partition coefficient (Wildman–Crippen LogP) is -1.22. The molecule has 160 valence electrons. The Labute approximate surface area is 172 Å². The maximum atomic E-state index is 12.9. The number of H-pyrrole nitrogens is 1. The van der Waals surface area contributed by atoms with Crippen LogP contribution in [0, 0.1) is 0 Å². The average Bonchev–Trinajstić information content (AvgIpc) is 3.21. The van der Waals surface area contributed by atoms with Gasteiger partial charge in [-0.3, -0.25) is 0 Å². The summed E-state index contributed by atoms with van der Waals surface area (Å²) in [7, 11) is -8.89. The number of anilines is 1. The summed E-state index contributed by atoms with van der Waals surface area (Å²) in [6, 6.07) is 4.95. The first-order chi connectivity index (χ1) is 14.0. The van der Waals surface area contributed by atoms with E-state index >= 15 is 0 Å². The van der Waals surface area contributed by atoms with Gasteiger partial charge in [0.2, 0.25) is 25.9 Å². The fraction of sp³-hybridized carbons (Fsp3) is 0.200. The van der Waals surface area contributed by atoms with Crippen LogP contribution in [0.1, 0.15) is 6.92 Å². The molecule has 15 heteroatoms. The summed E-state index contributed by atoms with van der Waals surface area (Å²) in [6.45, 7) is 1.53. The maximum Gasteiger partial charge on any atom is 0.242 e. The lowest BCUT2D eigenvalue weighted by atomic mass is 10.0.